The average Bonchev–Trinajstić information content (AvgIpc) is 2.49. The summed E-state index contributed by atoms with van der Waals surface area (Å²) in [6.07, 6.45) is -1.13. The molecule has 0 fully saturated rings. The van der Waals surface area contributed by atoms with Crippen LogP contribution in [0.15, 0.2) is 36.4 Å². The maximum absolute atomic E-state index is 13.6. The molecule has 8 heteroatoms. The number of hydrogen-bond donors (Lipinski definition) is 0. The molecule has 0 saturated carbocycles. The van der Waals surface area contributed by atoms with Gasteiger partial charge in [0.15, 0.2) is 0 Å². The third kappa shape index (κ3) is 3.65. The van der Waals surface area contributed by atoms with Gasteiger partial charge < -0.3 is 4.74 Å². The van der Waals surface area contributed by atoms with Gasteiger partial charge in [-0.25, -0.2) is 13.6 Å². The van der Waals surface area contributed by atoms with E-state index in [1.807, 2.05) is 0 Å². The van der Waals surface area contributed by atoms with Gasteiger partial charge in [0.25, 0.3) is 0 Å². The van der Waals surface area contributed by atoms with Crippen LogP contribution in [0.5, 0.6) is 0 Å². The second kappa shape index (κ2) is 6.47. The molecular formula is C15H10F3NO4. The van der Waals surface area contributed by atoms with Crippen molar-refractivity contribution in [3.05, 3.63) is 75.1 Å². The molecule has 0 aliphatic heterocycles. The minimum absolute atomic E-state index is 0.180. The first-order chi connectivity index (χ1) is 10.8. The lowest BCUT2D eigenvalue weighted by molar-refractivity contribution is -0.387. The van der Waals surface area contributed by atoms with Gasteiger partial charge in [-0.2, -0.15) is 4.39 Å². The molecule has 0 amide bonds. The van der Waals surface area contributed by atoms with E-state index in [0.717, 1.165) is 30.3 Å². The van der Waals surface area contributed by atoms with Gasteiger partial charge in [0, 0.05) is 11.6 Å². The van der Waals surface area contributed by atoms with Crippen LogP contribution in [0.3, 0.4) is 0 Å². The summed E-state index contributed by atoms with van der Waals surface area (Å²) in [5.41, 5.74) is -1.25. The van der Waals surface area contributed by atoms with E-state index in [-0.39, 0.29) is 11.1 Å². The predicted molar refractivity (Wildman–Crippen MR) is 73.2 cm³/mol. The van der Waals surface area contributed by atoms with Gasteiger partial charge in [-0.05, 0) is 37.3 Å². The molecule has 0 heterocycles. The van der Waals surface area contributed by atoms with Crippen LogP contribution in [-0.4, -0.2) is 10.9 Å². The summed E-state index contributed by atoms with van der Waals surface area (Å²) in [5.74, 6) is -3.68. The van der Waals surface area contributed by atoms with Gasteiger partial charge in [-0.3, -0.25) is 10.1 Å². The smallest absolute Gasteiger partial charge is 0.338 e. The van der Waals surface area contributed by atoms with Crippen molar-refractivity contribution >= 4 is 11.7 Å². The van der Waals surface area contributed by atoms with Gasteiger partial charge in [0.2, 0.25) is 5.82 Å². The average molecular weight is 325 g/mol. The Morgan fingerprint density at radius 3 is 2.43 bits per heavy atom. The number of halogens is 3. The third-order valence-electron chi connectivity index (χ3n) is 3.06. The molecule has 0 aliphatic rings. The molecule has 5 nitrogen and oxygen atoms in total. The lowest BCUT2D eigenvalue weighted by Crippen LogP contribution is -2.11. The Labute approximate surface area is 128 Å². The molecule has 0 bridgehead atoms. The molecule has 0 spiro atoms. The van der Waals surface area contributed by atoms with E-state index < -0.39 is 40.1 Å². The second-order valence-electron chi connectivity index (χ2n) is 4.64. The van der Waals surface area contributed by atoms with Crippen LogP contribution in [-0.2, 0) is 4.74 Å². The molecule has 2 aromatic rings. The molecule has 120 valence electrons. The number of carbonyl (C=O) groups is 1. The highest BCUT2D eigenvalue weighted by Crippen LogP contribution is 2.24. The summed E-state index contributed by atoms with van der Waals surface area (Å²) in [6.45, 7) is 1.32. The summed E-state index contributed by atoms with van der Waals surface area (Å²) in [6, 6.07) is 5.16. The highest BCUT2D eigenvalue weighted by Gasteiger charge is 2.21. The van der Waals surface area contributed by atoms with Gasteiger partial charge in [0.1, 0.15) is 17.7 Å². The normalized spacial score (nSPS) is 11.8. The fourth-order valence-electron chi connectivity index (χ4n) is 1.90. The first kappa shape index (κ1) is 16.5. The highest BCUT2D eigenvalue weighted by molar-refractivity contribution is 5.89. The highest BCUT2D eigenvalue weighted by atomic mass is 19.1. The third-order valence-corrected chi connectivity index (χ3v) is 3.06. The lowest BCUT2D eigenvalue weighted by Gasteiger charge is -2.14. The number of nitro groups is 1. The maximum Gasteiger partial charge on any atom is 0.338 e. The monoisotopic (exact) mass is 325 g/mol. The van der Waals surface area contributed by atoms with Gasteiger partial charge in [0.05, 0.1) is 10.5 Å². The molecule has 23 heavy (non-hydrogen) atoms. The number of nitro benzene ring substituents is 1. The summed E-state index contributed by atoms with van der Waals surface area (Å²) in [7, 11) is 0. The Morgan fingerprint density at radius 2 is 1.83 bits per heavy atom. The minimum atomic E-state index is -1.20. The molecule has 0 aliphatic carbocycles. The van der Waals surface area contributed by atoms with Crippen LogP contribution in [0.4, 0.5) is 18.9 Å². The number of ether oxygens (including phenoxy) is 1. The Kier molecular flexibility index (Phi) is 4.63. The zero-order chi connectivity index (χ0) is 17.1. The van der Waals surface area contributed by atoms with Crippen LogP contribution in [0.25, 0.3) is 0 Å². The summed E-state index contributed by atoms with van der Waals surface area (Å²) in [5, 5.41) is 10.5. The number of esters is 1. The molecule has 1 atom stereocenters. The molecule has 0 radical (unpaired) electrons. The summed E-state index contributed by atoms with van der Waals surface area (Å²) in [4.78, 5) is 21.5. The number of nitrogens with zero attached hydrogens (tertiary/aromatic N) is 1. The van der Waals surface area contributed by atoms with Crippen molar-refractivity contribution in [2.45, 2.75) is 13.0 Å². The van der Waals surface area contributed by atoms with Crippen LogP contribution >= 0.6 is 0 Å². The SMILES string of the molecule is CC(OC(=O)c1ccc([N+](=O)[O-])c(F)c1)c1cc(F)ccc1F. The van der Waals surface area contributed by atoms with E-state index in [0.29, 0.717) is 6.07 Å². The van der Waals surface area contributed by atoms with Crippen molar-refractivity contribution in [3.63, 3.8) is 0 Å². The lowest BCUT2D eigenvalue weighted by atomic mass is 10.1. The van der Waals surface area contributed by atoms with Gasteiger partial charge in [-0.15, -0.1) is 0 Å². The Balaban J connectivity index is 2.20. The molecule has 0 N–H and O–H groups in total. The molecule has 0 aromatic heterocycles. The largest absolute Gasteiger partial charge is 0.454 e. The topological polar surface area (TPSA) is 69.4 Å². The fourth-order valence-corrected chi connectivity index (χ4v) is 1.90. The van der Waals surface area contributed by atoms with E-state index >= 15 is 0 Å². The molecular weight excluding hydrogens is 315 g/mol. The van der Waals surface area contributed by atoms with Crippen molar-refractivity contribution in [1.29, 1.82) is 0 Å². The van der Waals surface area contributed by atoms with Gasteiger partial charge in [-0.1, -0.05) is 0 Å². The Bertz CT molecular complexity index is 779. The summed E-state index contributed by atoms with van der Waals surface area (Å²) >= 11 is 0. The molecule has 0 saturated heterocycles. The first-order valence-electron chi connectivity index (χ1n) is 6.39. The van der Waals surface area contributed by atoms with Gasteiger partial charge >= 0.3 is 11.7 Å². The molecule has 2 rings (SSSR count). The predicted octanol–water partition coefficient (Wildman–Crippen LogP) is 3.93. The number of benzene rings is 2. The van der Waals surface area contributed by atoms with E-state index in [4.69, 9.17) is 4.74 Å². The van der Waals surface area contributed by atoms with Crippen LogP contribution < -0.4 is 0 Å². The van der Waals surface area contributed by atoms with E-state index in [2.05, 4.69) is 0 Å². The van der Waals surface area contributed by atoms with E-state index in [9.17, 15) is 28.1 Å². The van der Waals surface area contributed by atoms with Crippen molar-refractivity contribution in [2.75, 3.05) is 0 Å². The van der Waals surface area contributed by atoms with E-state index in [1.54, 1.807) is 0 Å². The van der Waals surface area contributed by atoms with Crippen molar-refractivity contribution in [1.82, 2.24) is 0 Å². The Morgan fingerprint density at radius 1 is 1.13 bits per heavy atom. The first-order valence-corrected chi connectivity index (χ1v) is 6.39. The standard InChI is InChI=1S/C15H10F3NO4/c1-8(11-7-10(16)3-4-12(11)17)23-15(20)9-2-5-14(19(21)22)13(18)6-9/h2-8H,1H3. The number of rotatable bonds is 4. The maximum atomic E-state index is 13.6. The summed E-state index contributed by atoms with van der Waals surface area (Å²) < 4.78 is 45.1. The zero-order valence-electron chi connectivity index (χ0n) is 11.8. The number of hydrogen-bond acceptors (Lipinski definition) is 4. The zero-order valence-corrected chi connectivity index (χ0v) is 11.8. The van der Waals surface area contributed by atoms with Crippen LogP contribution in [0, 0.1) is 27.6 Å². The van der Waals surface area contributed by atoms with E-state index in [1.165, 1.54) is 6.92 Å². The van der Waals surface area contributed by atoms with Crippen molar-refractivity contribution < 1.29 is 27.6 Å². The van der Waals surface area contributed by atoms with Crippen LogP contribution in [0.2, 0.25) is 0 Å². The van der Waals surface area contributed by atoms with Crippen LogP contribution in [0.1, 0.15) is 28.9 Å². The second-order valence-corrected chi connectivity index (χ2v) is 4.64. The fraction of sp³-hybridized carbons (Fsp3) is 0.133. The molecule has 1 unspecified atom stereocenters. The number of carbonyl (C=O) groups excluding carboxylic acids is 1. The minimum Gasteiger partial charge on any atom is -0.454 e. The quantitative estimate of drug-likeness (QED) is 0.485. The van der Waals surface area contributed by atoms with Crippen molar-refractivity contribution in [2.24, 2.45) is 0 Å². The molecule has 2 aromatic carbocycles. The Hall–Kier alpha value is -2.90. The van der Waals surface area contributed by atoms with Crippen molar-refractivity contribution in [3.8, 4) is 0 Å².